The molecule has 2 aromatic rings. The molecule has 0 unspecified atom stereocenters. The van der Waals surface area contributed by atoms with E-state index >= 15 is 0 Å². The molecule has 9 heteroatoms. The van der Waals surface area contributed by atoms with E-state index in [4.69, 9.17) is 4.74 Å². The van der Waals surface area contributed by atoms with Crippen molar-refractivity contribution in [2.45, 2.75) is 26.9 Å². The molecule has 3 heterocycles. The van der Waals surface area contributed by atoms with E-state index in [1.54, 1.807) is 23.3 Å². The number of nitrogens with one attached hydrogen (secondary N) is 1. The largest absolute Gasteiger partial charge is 0.491 e. The highest BCUT2D eigenvalue weighted by molar-refractivity contribution is 5.73. The maximum atomic E-state index is 12.7. The summed E-state index contributed by atoms with van der Waals surface area (Å²) in [6, 6.07) is 3.52. The van der Waals surface area contributed by atoms with Crippen molar-refractivity contribution in [2.24, 2.45) is 5.41 Å². The molecule has 3 rings (SSSR count). The predicted molar refractivity (Wildman–Crippen MR) is 95.4 cm³/mol. The summed E-state index contributed by atoms with van der Waals surface area (Å²) in [5.74, 6) is 1.17. The zero-order chi connectivity index (χ0) is 19.8. The van der Waals surface area contributed by atoms with Gasteiger partial charge >= 0.3 is 6.18 Å². The number of nitrogens with zero attached hydrogens (tertiary/aromatic N) is 4. The van der Waals surface area contributed by atoms with Gasteiger partial charge in [-0.3, -0.25) is 5.43 Å². The molecule has 0 radical (unpaired) electrons. The van der Waals surface area contributed by atoms with Crippen LogP contribution >= 0.6 is 0 Å². The number of pyridine rings is 1. The van der Waals surface area contributed by atoms with Gasteiger partial charge in [0, 0.05) is 12.4 Å². The number of imidazole rings is 1. The Morgan fingerprint density at radius 1 is 1.19 bits per heavy atom. The lowest BCUT2D eigenvalue weighted by atomic mass is 9.99. The summed E-state index contributed by atoms with van der Waals surface area (Å²) in [4.78, 5) is 7.72. The lowest BCUT2D eigenvalue weighted by Crippen LogP contribution is -2.29. The van der Waals surface area contributed by atoms with Crippen molar-refractivity contribution in [3.63, 3.8) is 0 Å². The van der Waals surface area contributed by atoms with Crippen LogP contribution in [0.3, 0.4) is 0 Å². The summed E-state index contributed by atoms with van der Waals surface area (Å²) >= 11 is 0. The number of halogens is 3. The average molecular weight is 379 g/mol. The molecular weight excluding hydrogens is 359 g/mol. The summed E-state index contributed by atoms with van der Waals surface area (Å²) in [5.41, 5.74) is 2.88. The Hall–Kier alpha value is -2.97. The highest BCUT2D eigenvalue weighted by atomic mass is 19.4. The van der Waals surface area contributed by atoms with Gasteiger partial charge in [-0.15, -0.1) is 0 Å². The second-order valence-electron chi connectivity index (χ2n) is 7.31. The van der Waals surface area contributed by atoms with Crippen molar-refractivity contribution < 1.29 is 17.9 Å². The molecule has 0 bridgehead atoms. The normalized spacial score (nSPS) is 15.0. The summed E-state index contributed by atoms with van der Waals surface area (Å²) in [6.45, 7) is 10.7. The predicted octanol–water partition coefficient (Wildman–Crippen LogP) is 4.06. The summed E-state index contributed by atoms with van der Waals surface area (Å²) in [5, 5.41) is 1.57. The molecule has 0 aromatic carbocycles. The van der Waals surface area contributed by atoms with Crippen LogP contribution in [0.1, 0.15) is 26.5 Å². The first kappa shape index (κ1) is 18.8. The number of ether oxygens (including phenoxy) is 1. The van der Waals surface area contributed by atoms with E-state index < -0.39 is 11.9 Å². The molecule has 6 nitrogen and oxygen atoms in total. The molecule has 2 aromatic heterocycles. The Labute approximate surface area is 155 Å². The molecular formula is C18H20F3N5O. The zero-order valence-corrected chi connectivity index (χ0v) is 15.2. The number of hydrogen-bond donors (Lipinski definition) is 1. The minimum absolute atomic E-state index is 0.0301. The van der Waals surface area contributed by atoms with Crippen LogP contribution in [-0.2, 0) is 6.18 Å². The number of rotatable bonds is 4. The summed E-state index contributed by atoms with van der Waals surface area (Å²) in [6.07, 6.45) is 0.646. The molecule has 1 aliphatic rings. The van der Waals surface area contributed by atoms with Crippen LogP contribution in [-0.4, -0.2) is 21.1 Å². The smallest absolute Gasteiger partial charge is 0.434 e. The van der Waals surface area contributed by atoms with Crippen LogP contribution in [0.25, 0.3) is 5.70 Å². The topological polar surface area (TPSA) is 55.2 Å². The fraction of sp³-hybridized carbons (Fsp3) is 0.333. The van der Waals surface area contributed by atoms with Crippen LogP contribution in [0.2, 0.25) is 0 Å². The summed E-state index contributed by atoms with van der Waals surface area (Å²) in [7, 11) is 0. The second kappa shape index (κ2) is 6.64. The molecule has 27 heavy (non-hydrogen) atoms. The number of alkyl halides is 3. The minimum atomic E-state index is -4.50. The molecule has 0 spiro atoms. The Morgan fingerprint density at radius 3 is 2.48 bits per heavy atom. The molecule has 0 atom stereocenters. The van der Waals surface area contributed by atoms with Gasteiger partial charge in [0.2, 0.25) is 0 Å². The van der Waals surface area contributed by atoms with Crippen molar-refractivity contribution in [3.05, 3.63) is 55.0 Å². The molecule has 0 aliphatic carbocycles. The fourth-order valence-electron chi connectivity index (χ4n) is 2.32. The van der Waals surface area contributed by atoms with E-state index in [1.165, 1.54) is 10.8 Å². The Balaban J connectivity index is 1.70. The average Bonchev–Trinajstić information content (AvgIpc) is 3.19. The van der Waals surface area contributed by atoms with Crippen LogP contribution in [0.5, 0.6) is 5.75 Å². The minimum Gasteiger partial charge on any atom is -0.491 e. The molecule has 1 N–H and O–H groups in total. The Morgan fingerprint density at radius 2 is 1.93 bits per heavy atom. The lowest BCUT2D eigenvalue weighted by Gasteiger charge is -2.21. The highest BCUT2D eigenvalue weighted by Gasteiger charge is 2.34. The molecule has 0 saturated heterocycles. The van der Waals surface area contributed by atoms with E-state index in [2.05, 4.69) is 42.7 Å². The van der Waals surface area contributed by atoms with E-state index in [9.17, 15) is 13.2 Å². The van der Waals surface area contributed by atoms with Crippen LogP contribution in [0, 0.1) is 5.41 Å². The standard InChI is InChI=1S/C18H20F3N5O/c1-12-14(25-9-15(23-11-25)18(19,20)21)8-24-26(12)16-6-5-13(7-22-16)27-10-17(2,3)4/h5-9,11,24H,1,10H2,2-4H3. The lowest BCUT2D eigenvalue weighted by molar-refractivity contribution is -0.140. The van der Waals surface area contributed by atoms with E-state index in [0.717, 1.165) is 12.5 Å². The Bertz CT molecular complexity index is 862. The number of aromatic nitrogens is 3. The maximum absolute atomic E-state index is 12.7. The van der Waals surface area contributed by atoms with Crippen molar-refractivity contribution in [1.29, 1.82) is 0 Å². The van der Waals surface area contributed by atoms with Crippen molar-refractivity contribution in [2.75, 3.05) is 11.6 Å². The van der Waals surface area contributed by atoms with Crippen LogP contribution in [0.15, 0.2) is 49.3 Å². The molecule has 0 amide bonds. The van der Waals surface area contributed by atoms with E-state index in [0.29, 0.717) is 29.6 Å². The van der Waals surface area contributed by atoms with E-state index in [-0.39, 0.29) is 5.41 Å². The highest BCUT2D eigenvalue weighted by Crippen LogP contribution is 2.31. The Kier molecular flexibility index (Phi) is 4.63. The number of hydrazine groups is 1. The maximum Gasteiger partial charge on any atom is 0.434 e. The molecule has 0 saturated carbocycles. The zero-order valence-electron chi connectivity index (χ0n) is 15.2. The van der Waals surface area contributed by atoms with E-state index in [1.807, 2.05) is 0 Å². The third-order valence-electron chi connectivity index (χ3n) is 3.67. The number of hydrogen-bond acceptors (Lipinski definition) is 5. The van der Waals surface area contributed by atoms with Gasteiger partial charge in [0.15, 0.2) is 11.5 Å². The van der Waals surface area contributed by atoms with Gasteiger partial charge in [0.1, 0.15) is 5.75 Å². The molecule has 144 valence electrons. The van der Waals surface area contributed by atoms with Gasteiger partial charge in [-0.05, 0) is 17.5 Å². The third-order valence-corrected chi connectivity index (χ3v) is 3.67. The second-order valence-corrected chi connectivity index (χ2v) is 7.31. The van der Waals surface area contributed by atoms with Crippen molar-refractivity contribution in [3.8, 4) is 5.75 Å². The van der Waals surface area contributed by atoms with Gasteiger partial charge in [-0.1, -0.05) is 27.4 Å². The van der Waals surface area contributed by atoms with Gasteiger partial charge in [0.05, 0.1) is 30.5 Å². The summed E-state index contributed by atoms with van der Waals surface area (Å²) < 4.78 is 45.2. The quantitative estimate of drug-likeness (QED) is 0.868. The third kappa shape index (κ3) is 4.24. The number of allylic oxidation sites excluding steroid dienone is 1. The van der Waals surface area contributed by atoms with Gasteiger partial charge in [-0.25, -0.2) is 15.0 Å². The molecule has 1 aliphatic heterocycles. The first-order valence-electron chi connectivity index (χ1n) is 8.21. The first-order valence-corrected chi connectivity index (χ1v) is 8.21. The van der Waals surface area contributed by atoms with Gasteiger partial charge in [-0.2, -0.15) is 13.2 Å². The van der Waals surface area contributed by atoms with Crippen LogP contribution in [0.4, 0.5) is 19.0 Å². The monoisotopic (exact) mass is 379 g/mol. The SMILES string of the molecule is C=C1C(n2cnc(C(F)(F)F)c2)=CNN1c1ccc(OCC(C)(C)C)cn1. The fourth-order valence-corrected chi connectivity index (χ4v) is 2.32. The number of anilines is 1. The molecule has 0 fully saturated rings. The van der Waals surface area contributed by atoms with Crippen molar-refractivity contribution in [1.82, 2.24) is 20.0 Å². The first-order chi connectivity index (χ1) is 12.5. The van der Waals surface area contributed by atoms with Gasteiger partial charge in [0.25, 0.3) is 0 Å². The van der Waals surface area contributed by atoms with Crippen molar-refractivity contribution >= 4 is 11.5 Å². The van der Waals surface area contributed by atoms with Gasteiger partial charge < -0.3 is 9.30 Å². The van der Waals surface area contributed by atoms with Crippen LogP contribution < -0.4 is 15.2 Å².